The number of halogens is 1. The van der Waals surface area contributed by atoms with E-state index in [1.165, 1.54) is 6.07 Å². The highest BCUT2D eigenvalue weighted by molar-refractivity contribution is 7.89. The van der Waals surface area contributed by atoms with Crippen LogP contribution in [0.4, 0.5) is 0 Å². The van der Waals surface area contributed by atoms with Crippen molar-refractivity contribution in [2.75, 3.05) is 6.54 Å². The van der Waals surface area contributed by atoms with Gasteiger partial charge in [0, 0.05) is 11.6 Å². The third kappa shape index (κ3) is 3.70. The van der Waals surface area contributed by atoms with Crippen molar-refractivity contribution < 1.29 is 13.5 Å². The molecule has 0 fully saturated rings. The number of hydrogen-bond donors (Lipinski definition) is 2. The van der Waals surface area contributed by atoms with E-state index in [0.29, 0.717) is 16.1 Å². The van der Waals surface area contributed by atoms with Crippen LogP contribution in [0.25, 0.3) is 10.8 Å². The largest absolute Gasteiger partial charge is 0.387 e. The van der Waals surface area contributed by atoms with Crippen LogP contribution in [0.1, 0.15) is 17.2 Å². The van der Waals surface area contributed by atoms with Gasteiger partial charge in [-0.2, -0.15) is 0 Å². The van der Waals surface area contributed by atoms with Crippen molar-refractivity contribution in [3.63, 3.8) is 0 Å². The Morgan fingerprint density at radius 3 is 2.52 bits per heavy atom. The Bertz CT molecular complexity index is 1010. The third-order valence-electron chi connectivity index (χ3n) is 4.16. The van der Waals surface area contributed by atoms with Gasteiger partial charge in [-0.15, -0.1) is 0 Å². The van der Waals surface area contributed by atoms with Gasteiger partial charge in [-0.25, -0.2) is 13.1 Å². The first-order valence-electron chi connectivity index (χ1n) is 7.80. The van der Waals surface area contributed by atoms with Crippen molar-refractivity contribution >= 4 is 32.4 Å². The van der Waals surface area contributed by atoms with E-state index in [0.717, 1.165) is 10.8 Å². The Hall–Kier alpha value is -1.92. The van der Waals surface area contributed by atoms with Crippen molar-refractivity contribution in [3.05, 3.63) is 76.8 Å². The maximum absolute atomic E-state index is 12.5. The molecule has 0 saturated carbocycles. The summed E-state index contributed by atoms with van der Waals surface area (Å²) >= 11 is 6.00. The lowest BCUT2D eigenvalue weighted by Crippen LogP contribution is -2.29. The molecule has 0 spiro atoms. The quantitative estimate of drug-likeness (QED) is 0.712. The highest BCUT2D eigenvalue weighted by Crippen LogP contribution is 2.25. The van der Waals surface area contributed by atoms with E-state index in [4.69, 9.17) is 11.6 Å². The van der Waals surface area contributed by atoms with Crippen LogP contribution in [0.15, 0.2) is 65.6 Å². The molecule has 6 heteroatoms. The van der Waals surface area contributed by atoms with E-state index in [9.17, 15) is 13.5 Å². The molecule has 0 heterocycles. The molecule has 3 aromatic carbocycles. The molecule has 0 aliphatic heterocycles. The van der Waals surface area contributed by atoms with E-state index in [2.05, 4.69) is 4.72 Å². The number of fused-ring (bicyclic) bond motifs is 1. The van der Waals surface area contributed by atoms with E-state index in [-0.39, 0.29) is 11.4 Å². The minimum Gasteiger partial charge on any atom is -0.387 e. The van der Waals surface area contributed by atoms with E-state index >= 15 is 0 Å². The zero-order valence-electron chi connectivity index (χ0n) is 13.6. The molecule has 3 rings (SSSR count). The van der Waals surface area contributed by atoms with Crippen LogP contribution in [0.5, 0.6) is 0 Å². The first-order chi connectivity index (χ1) is 11.9. The molecule has 0 amide bonds. The third-order valence-corrected chi connectivity index (χ3v) is 6.13. The summed E-state index contributed by atoms with van der Waals surface area (Å²) in [6.45, 7) is 1.53. The summed E-state index contributed by atoms with van der Waals surface area (Å²) in [5.74, 6) is 0. The van der Waals surface area contributed by atoms with Gasteiger partial charge in [-0.05, 0) is 41.0 Å². The fourth-order valence-corrected chi connectivity index (χ4v) is 4.33. The van der Waals surface area contributed by atoms with E-state index in [1.807, 2.05) is 36.4 Å². The Morgan fingerprint density at radius 2 is 1.72 bits per heavy atom. The molecule has 1 atom stereocenters. The van der Waals surface area contributed by atoms with Gasteiger partial charge < -0.3 is 5.11 Å². The van der Waals surface area contributed by atoms with Gasteiger partial charge in [0.1, 0.15) is 0 Å². The van der Waals surface area contributed by atoms with Gasteiger partial charge >= 0.3 is 0 Å². The van der Waals surface area contributed by atoms with Gasteiger partial charge in [-0.1, -0.05) is 60.1 Å². The normalized spacial score (nSPS) is 13.1. The SMILES string of the molecule is Cc1c(Cl)cccc1S(=O)(=O)NC[C@H](O)c1cccc2ccccc12. The van der Waals surface area contributed by atoms with Crippen molar-refractivity contribution in [3.8, 4) is 0 Å². The number of aliphatic hydroxyl groups excluding tert-OH is 1. The predicted octanol–water partition coefficient (Wildman–Crippen LogP) is 3.81. The number of aliphatic hydroxyl groups is 1. The molecule has 2 N–H and O–H groups in total. The van der Waals surface area contributed by atoms with Gasteiger partial charge in [0.15, 0.2) is 0 Å². The number of nitrogens with one attached hydrogen (secondary N) is 1. The maximum atomic E-state index is 12.5. The Labute approximate surface area is 152 Å². The van der Waals surface area contributed by atoms with Crippen LogP contribution in [-0.4, -0.2) is 20.1 Å². The van der Waals surface area contributed by atoms with E-state index < -0.39 is 16.1 Å². The summed E-state index contributed by atoms with van der Waals surface area (Å²) in [6, 6.07) is 18.0. The molecule has 0 bridgehead atoms. The molecule has 0 aliphatic rings. The zero-order valence-corrected chi connectivity index (χ0v) is 15.2. The molecule has 0 aliphatic carbocycles. The second-order valence-corrected chi connectivity index (χ2v) is 7.94. The fourth-order valence-electron chi connectivity index (χ4n) is 2.80. The summed E-state index contributed by atoms with van der Waals surface area (Å²) in [5, 5.41) is 12.8. The molecule has 0 saturated heterocycles. The summed E-state index contributed by atoms with van der Waals surface area (Å²) < 4.78 is 27.5. The summed E-state index contributed by atoms with van der Waals surface area (Å²) in [5.41, 5.74) is 1.17. The average molecular weight is 376 g/mol. The Morgan fingerprint density at radius 1 is 1.04 bits per heavy atom. The summed E-state index contributed by atoms with van der Waals surface area (Å²) in [6.07, 6.45) is -0.958. The zero-order chi connectivity index (χ0) is 18.0. The van der Waals surface area contributed by atoms with Crippen LogP contribution >= 0.6 is 11.6 Å². The van der Waals surface area contributed by atoms with Gasteiger partial charge in [0.25, 0.3) is 0 Å². The highest BCUT2D eigenvalue weighted by atomic mass is 35.5. The maximum Gasteiger partial charge on any atom is 0.240 e. The second-order valence-electron chi connectivity index (χ2n) is 5.80. The smallest absolute Gasteiger partial charge is 0.240 e. The van der Waals surface area contributed by atoms with Crippen LogP contribution in [-0.2, 0) is 10.0 Å². The summed E-state index contributed by atoms with van der Waals surface area (Å²) in [4.78, 5) is 0.116. The van der Waals surface area contributed by atoms with Gasteiger partial charge in [0.05, 0.1) is 11.0 Å². The molecule has 0 aromatic heterocycles. The van der Waals surface area contributed by atoms with Crippen molar-refractivity contribution in [2.45, 2.75) is 17.9 Å². The first-order valence-corrected chi connectivity index (χ1v) is 9.67. The monoisotopic (exact) mass is 375 g/mol. The lowest BCUT2D eigenvalue weighted by molar-refractivity contribution is 0.183. The molecule has 0 radical (unpaired) electrons. The lowest BCUT2D eigenvalue weighted by Gasteiger charge is -2.16. The number of benzene rings is 3. The molecule has 130 valence electrons. The number of hydrogen-bond acceptors (Lipinski definition) is 3. The van der Waals surface area contributed by atoms with Gasteiger partial charge in [-0.3, -0.25) is 0 Å². The Balaban J connectivity index is 1.84. The minimum absolute atomic E-state index is 0.116. The van der Waals surface area contributed by atoms with Crippen molar-refractivity contribution in [1.82, 2.24) is 4.72 Å². The molecular weight excluding hydrogens is 358 g/mol. The molecule has 4 nitrogen and oxygen atoms in total. The lowest BCUT2D eigenvalue weighted by atomic mass is 10.0. The standard InChI is InChI=1S/C19H18ClNO3S/c1-13-17(20)10-5-11-19(13)25(23,24)21-12-18(22)16-9-4-7-14-6-2-3-8-15(14)16/h2-11,18,21-22H,12H2,1H3/t18-/m0/s1. The fraction of sp³-hybridized carbons (Fsp3) is 0.158. The molecule has 0 unspecified atom stereocenters. The van der Waals surface area contributed by atoms with Crippen LogP contribution in [0, 0.1) is 6.92 Å². The van der Waals surface area contributed by atoms with E-state index in [1.54, 1.807) is 25.1 Å². The van der Waals surface area contributed by atoms with Gasteiger partial charge in [0.2, 0.25) is 10.0 Å². The molecule has 25 heavy (non-hydrogen) atoms. The van der Waals surface area contributed by atoms with Crippen LogP contribution in [0.3, 0.4) is 0 Å². The number of sulfonamides is 1. The molecular formula is C19H18ClNO3S. The van der Waals surface area contributed by atoms with Crippen LogP contribution < -0.4 is 4.72 Å². The summed E-state index contributed by atoms with van der Waals surface area (Å²) in [7, 11) is -3.76. The topological polar surface area (TPSA) is 66.4 Å². The van der Waals surface area contributed by atoms with Crippen molar-refractivity contribution in [2.24, 2.45) is 0 Å². The minimum atomic E-state index is -3.76. The Kier molecular flexibility index (Phi) is 5.11. The number of rotatable bonds is 5. The predicted molar refractivity (Wildman–Crippen MR) is 100 cm³/mol. The van der Waals surface area contributed by atoms with Crippen molar-refractivity contribution in [1.29, 1.82) is 0 Å². The highest BCUT2D eigenvalue weighted by Gasteiger charge is 2.20. The average Bonchev–Trinajstić information content (AvgIpc) is 2.61. The molecule has 3 aromatic rings. The van der Waals surface area contributed by atoms with Crippen LogP contribution in [0.2, 0.25) is 5.02 Å². The second kappa shape index (κ2) is 7.14. The first kappa shape index (κ1) is 17.9.